The number of thiophene rings is 1. The van der Waals surface area contributed by atoms with E-state index in [0.29, 0.717) is 0 Å². The van der Waals surface area contributed by atoms with Crippen molar-refractivity contribution in [1.29, 1.82) is 0 Å². The lowest BCUT2D eigenvalue weighted by Gasteiger charge is -2.32. The van der Waals surface area contributed by atoms with E-state index in [1.54, 1.807) is 0 Å². The second kappa shape index (κ2) is 12.8. The van der Waals surface area contributed by atoms with Crippen molar-refractivity contribution in [3.05, 3.63) is 199 Å². The molecule has 57 heavy (non-hydrogen) atoms. The van der Waals surface area contributed by atoms with Crippen molar-refractivity contribution in [3.63, 3.8) is 0 Å². The Hall–Kier alpha value is -6.99. The Morgan fingerprint density at radius 1 is 0.509 bits per heavy atom. The van der Waals surface area contributed by atoms with Gasteiger partial charge in [0.25, 0.3) is 0 Å². The van der Waals surface area contributed by atoms with Gasteiger partial charge in [0.15, 0.2) is 0 Å². The molecule has 2 unspecified atom stereocenters. The Morgan fingerprint density at radius 2 is 1.26 bits per heavy atom. The van der Waals surface area contributed by atoms with Crippen LogP contribution >= 0.6 is 11.3 Å². The molecule has 0 saturated heterocycles. The topological polar surface area (TPSA) is 54.5 Å². The predicted molar refractivity (Wildman–Crippen MR) is 238 cm³/mol. The maximum absolute atomic E-state index is 6.58. The SMILES string of the molecule is c1ccc(C2=NC(c3ccc4sc5cccc(-c6ccc7oc8cc(-n9c%10ccccc%10c%10ccccc%109)ccc8c7c6)c5c4c3)NC(c3ccccc3)N2)cc1. The number of amidine groups is 1. The minimum Gasteiger partial charge on any atom is -0.456 e. The average molecular weight is 751 g/mol. The van der Waals surface area contributed by atoms with Crippen LogP contribution in [0.2, 0.25) is 0 Å². The summed E-state index contributed by atoms with van der Waals surface area (Å²) in [6.07, 6.45) is -0.330. The predicted octanol–water partition coefficient (Wildman–Crippen LogP) is 13.1. The molecular weight excluding hydrogens is 717 g/mol. The molecule has 2 N–H and O–H groups in total. The number of nitrogens with zero attached hydrogens (tertiary/aromatic N) is 2. The van der Waals surface area contributed by atoms with E-state index in [2.05, 4.69) is 191 Å². The molecule has 0 spiro atoms. The fraction of sp³-hybridized carbons (Fsp3) is 0.0392. The van der Waals surface area contributed by atoms with Gasteiger partial charge in [0, 0.05) is 59.0 Å². The van der Waals surface area contributed by atoms with Crippen LogP contribution in [0.15, 0.2) is 191 Å². The third-order valence-corrected chi connectivity index (χ3v) is 12.6. The quantitative estimate of drug-likeness (QED) is 0.184. The van der Waals surface area contributed by atoms with Gasteiger partial charge in [0.1, 0.15) is 29.3 Å². The molecule has 0 radical (unpaired) electrons. The lowest BCUT2D eigenvalue weighted by Crippen LogP contribution is -2.44. The number of benzene rings is 8. The first-order valence-corrected chi connectivity index (χ1v) is 20.2. The fourth-order valence-electron chi connectivity index (χ4n) is 8.82. The summed E-state index contributed by atoms with van der Waals surface area (Å²) in [7, 11) is 0. The summed E-state index contributed by atoms with van der Waals surface area (Å²) in [5, 5.41) is 14.7. The van der Waals surface area contributed by atoms with Crippen LogP contribution in [-0.2, 0) is 0 Å². The zero-order valence-corrected chi connectivity index (χ0v) is 31.5. The number of furan rings is 1. The van der Waals surface area contributed by atoms with E-state index in [4.69, 9.17) is 9.41 Å². The number of fused-ring (bicyclic) bond motifs is 9. The molecule has 1 aliphatic heterocycles. The zero-order chi connectivity index (χ0) is 37.5. The van der Waals surface area contributed by atoms with Crippen LogP contribution in [0.25, 0.3) is 80.7 Å². The Balaban J connectivity index is 0.966. The molecule has 0 amide bonds. The highest BCUT2D eigenvalue weighted by atomic mass is 32.1. The molecule has 5 nitrogen and oxygen atoms in total. The van der Waals surface area contributed by atoms with E-state index >= 15 is 0 Å². The van der Waals surface area contributed by atoms with Crippen LogP contribution < -0.4 is 10.6 Å². The number of para-hydroxylation sites is 2. The summed E-state index contributed by atoms with van der Waals surface area (Å²) in [4.78, 5) is 5.25. The number of rotatable bonds is 5. The van der Waals surface area contributed by atoms with Gasteiger partial charge in [-0.1, -0.05) is 121 Å². The van der Waals surface area contributed by atoms with Crippen molar-refractivity contribution in [2.75, 3.05) is 0 Å². The molecule has 0 aliphatic carbocycles. The van der Waals surface area contributed by atoms with Crippen LogP contribution in [0.3, 0.4) is 0 Å². The average Bonchev–Trinajstić information content (AvgIpc) is 3.95. The molecule has 6 heteroatoms. The summed E-state index contributed by atoms with van der Waals surface area (Å²) in [6.45, 7) is 0. The maximum Gasteiger partial charge on any atom is 0.137 e. The zero-order valence-electron chi connectivity index (χ0n) is 30.7. The number of aliphatic imine (C=N–C) groups is 1. The number of hydrogen-bond acceptors (Lipinski definition) is 5. The minimum atomic E-state index is -0.237. The molecule has 270 valence electrons. The second-order valence-corrected chi connectivity index (χ2v) is 15.9. The molecule has 0 saturated carbocycles. The van der Waals surface area contributed by atoms with Gasteiger partial charge in [-0.25, -0.2) is 4.99 Å². The fourth-order valence-corrected chi connectivity index (χ4v) is 9.93. The Bertz CT molecular complexity index is 3320. The summed E-state index contributed by atoms with van der Waals surface area (Å²) < 4.78 is 11.4. The highest BCUT2D eigenvalue weighted by Gasteiger charge is 2.26. The maximum atomic E-state index is 6.58. The third kappa shape index (κ3) is 5.22. The van der Waals surface area contributed by atoms with Crippen LogP contribution in [-0.4, -0.2) is 10.4 Å². The lowest BCUT2D eigenvalue weighted by atomic mass is 9.97. The number of hydrogen-bond donors (Lipinski definition) is 2. The normalized spacial score (nSPS) is 15.9. The highest BCUT2D eigenvalue weighted by molar-refractivity contribution is 7.25. The van der Waals surface area contributed by atoms with Crippen LogP contribution in [0.4, 0.5) is 0 Å². The molecule has 4 heterocycles. The lowest BCUT2D eigenvalue weighted by molar-refractivity contribution is 0.409. The van der Waals surface area contributed by atoms with Gasteiger partial charge < -0.3 is 14.3 Å². The first-order valence-electron chi connectivity index (χ1n) is 19.3. The molecular formula is C51H34N4OS. The summed E-state index contributed by atoms with van der Waals surface area (Å²) in [5.74, 6) is 0.881. The Morgan fingerprint density at radius 3 is 2.07 bits per heavy atom. The first-order chi connectivity index (χ1) is 28.2. The molecule has 8 aromatic carbocycles. The molecule has 1 aliphatic rings. The van der Waals surface area contributed by atoms with E-state index in [-0.39, 0.29) is 12.3 Å². The van der Waals surface area contributed by atoms with Gasteiger partial charge >= 0.3 is 0 Å². The smallest absolute Gasteiger partial charge is 0.137 e. The van der Waals surface area contributed by atoms with E-state index in [9.17, 15) is 0 Å². The van der Waals surface area contributed by atoms with E-state index < -0.39 is 0 Å². The van der Waals surface area contributed by atoms with E-state index in [1.165, 1.54) is 58.7 Å². The second-order valence-electron chi connectivity index (χ2n) is 14.8. The summed E-state index contributed by atoms with van der Waals surface area (Å²) in [6, 6.07) is 64.9. The first kappa shape index (κ1) is 32.3. The summed E-state index contributed by atoms with van der Waals surface area (Å²) in [5.41, 5.74) is 11.0. The molecule has 12 rings (SSSR count). The summed E-state index contributed by atoms with van der Waals surface area (Å²) >= 11 is 1.84. The number of nitrogens with one attached hydrogen (secondary N) is 2. The van der Waals surface area contributed by atoms with E-state index in [1.807, 2.05) is 17.4 Å². The van der Waals surface area contributed by atoms with Crippen molar-refractivity contribution in [2.24, 2.45) is 4.99 Å². The van der Waals surface area contributed by atoms with Crippen molar-refractivity contribution in [3.8, 4) is 16.8 Å². The molecule has 0 fully saturated rings. The molecule has 2 atom stereocenters. The van der Waals surface area contributed by atoms with Gasteiger partial charge in [-0.3, -0.25) is 5.32 Å². The van der Waals surface area contributed by atoms with Gasteiger partial charge in [-0.2, -0.15) is 0 Å². The van der Waals surface area contributed by atoms with Crippen molar-refractivity contribution in [2.45, 2.75) is 12.3 Å². The van der Waals surface area contributed by atoms with Crippen LogP contribution in [0.1, 0.15) is 29.0 Å². The van der Waals surface area contributed by atoms with Crippen LogP contribution in [0.5, 0.6) is 0 Å². The van der Waals surface area contributed by atoms with Crippen molar-refractivity contribution in [1.82, 2.24) is 15.2 Å². The highest BCUT2D eigenvalue weighted by Crippen LogP contribution is 2.43. The standard InChI is InChI=1S/C51H34N4OS/c1-3-12-31(13-4-1)49-52-50(32-14-5-2-6-15-32)54-51(53-49)34-23-27-46-41(29-34)48-36(18-11-21-47(48)57-46)33-22-26-44-40(28-33)39-25-24-35(30-45(39)56-44)55-42-19-9-7-16-37(42)38-17-8-10-20-43(38)55/h1-30,49,51,53H,(H,52,54). The third-order valence-electron chi connectivity index (χ3n) is 11.5. The monoisotopic (exact) mass is 750 g/mol. The van der Waals surface area contributed by atoms with Gasteiger partial charge in [-0.05, 0) is 76.9 Å². The molecule has 0 bridgehead atoms. The Kier molecular flexibility index (Phi) is 7.24. The van der Waals surface area contributed by atoms with Crippen molar-refractivity contribution < 1.29 is 4.42 Å². The van der Waals surface area contributed by atoms with Gasteiger partial charge in [0.05, 0.1) is 11.0 Å². The molecule has 3 aromatic heterocycles. The number of aromatic nitrogens is 1. The largest absolute Gasteiger partial charge is 0.456 e. The Labute approximate surface area is 332 Å². The van der Waals surface area contributed by atoms with Crippen molar-refractivity contribution >= 4 is 81.1 Å². The van der Waals surface area contributed by atoms with Gasteiger partial charge in [-0.15, -0.1) is 11.3 Å². The minimum absolute atomic E-state index is 0.0936. The van der Waals surface area contributed by atoms with E-state index in [0.717, 1.165) is 44.6 Å². The van der Waals surface area contributed by atoms with Gasteiger partial charge in [0.2, 0.25) is 0 Å². The molecule has 11 aromatic rings. The van der Waals surface area contributed by atoms with Crippen LogP contribution in [0, 0.1) is 0 Å².